The number of aliphatic hydroxyl groups is 1. The normalized spacial score (nSPS) is 23.0. The smallest absolute Gasteiger partial charge is 0.303 e. The van der Waals surface area contributed by atoms with Gasteiger partial charge in [-0.1, -0.05) is 12.8 Å². The van der Waals surface area contributed by atoms with E-state index < -0.39 is 17.0 Å². The number of anilines is 1. The predicted molar refractivity (Wildman–Crippen MR) is 112 cm³/mol. The number of fused-ring (bicyclic) bond motifs is 1. The molecule has 1 saturated heterocycles. The SMILES string of the molecule is O=C(O)CC1(CC(=O)NCC2(O)CCN(c3ccnc4ccncc34)C2)CCCC1. The van der Waals surface area contributed by atoms with Gasteiger partial charge in [0, 0.05) is 55.7 Å². The molecule has 1 aliphatic carbocycles. The summed E-state index contributed by atoms with van der Waals surface area (Å²) in [5.41, 5.74) is 0.361. The number of amides is 1. The summed E-state index contributed by atoms with van der Waals surface area (Å²) in [5, 5.41) is 24.1. The predicted octanol–water partition coefficient (Wildman–Crippen LogP) is 2.11. The maximum Gasteiger partial charge on any atom is 0.303 e. The minimum atomic E-state index is -1.02. The molecule has 0 aromatic carbocycles. The maximum absolute atomic E-state index is 12.6. The molecule has 0 spiro atoms. The van der Waals surface area contributed by atoms with Crippen molar-refractivity contribution < 1.29 is 19.8 Å². The van der Waals surface area contributed by atoms with Crippen LogP contribution in [0.1, 0.15) is 44.9 Å². The molecule has 2 aromatic heterocycles. The Bertz CT molecular complexity index is 938. The van der Waals surface area contributed by atoms with Gasteiger partial charge in [-0.25, -0.2) is 0 Å². The molecular weight excluding hydrogens is 384 g/mol. The lowest BCUT2D eigenvalue weighted by molar-refractivity contribution is -0.140. The van der Waals surface area contributed by atoms with Crippen LogP contribution in [-0.2, 0) is 9.59 Å². The van der Waals surface area contributed by atoms with E-state index >= 15 is 0 Å². The second-order valence-corrected chi connectivity index (χ2v) is 8.85. The molecule has 8 heteroatoms. The van der Waals surface area contributed by atoms with Crippen molar-refractivity contribution in [2.24, 2.45) is 5.41 Å². The van der Waals surface area contributed by atoms with Crippen LogP contribution >= 0.6 is 0 Å². The number of carbonyl (C=O) groups excluding carboxylic acids is 1. The van der Waals surface area contributed by atoms with Crippen LogP contribution in [0.15, 0.2) is 30.7 Å². The molecule has 1 atom stereocenters. The van der Waals surface area contributed by atoms with Gasteiger partial charge in [0.05, 0.1) is 11.9 Å². The fourth-order valence-electron chi connectivity index (χ4n) is 4.99. The lowest BCUT2D eigenvalue weighted by Gasteiger charge is -2.28. The first kappa shape index (κ1) is 20.5. The van der Waals surface area contributed by atoms with Crippen molar-refractivity contribution in [3.63, 3.8) is 0 Å². The van der Waals surface area contributed by atoms with Gasteiger partial charge < -0.3 is 20.4 Å². The zero-order chi connectivity index (χ0) is 21.2. The third kappa shape index (κ3) is 4.38. The minimum absolute atomic E-state index is 0.0294. The summed E-state index contributed by atoms with van der Waals surface area (Å²) in [7, 11) is 0. The summed E-state index contributed by atoms with van der Waals surface area (Å²) in [5.74, 6) is -1.03. The average molecular weight is 412 g/mol. The molecule has 30 heavy (non-hydrogen) atoms. The second kappa shape index (κ2) is 8.18. The molecule has 1 aliphatic heterocycles. The molecule has 3 heterocycles. The Morgan fingerprint density at radius 2 is 1.93 bits per heavy atom. The molecule has 0 bridgehead atoms. The van der Waals surface area contributed by atoms with E-state index in [9.17, 15) is 19.8 Å². The number of β-amino-alcohol motifs (C(OH)–C–C–N with tert-alkyl or cyclic N) is 1. The van der Waals surface area contributed by atoms with Gasteiger partial charge in [-0.3, -0.25) is 19.6 Å². The molecule has 0 radical (unpaired) electrons. The van der Waals surface area contributed by atoms with Gasteiger partial charge in [-0.05, 0) is 36.8 Å². The van der Waals surface area contributed by atoms with Crippen molar-refractivity contribution in [2.45, 2.75) is 50.5 Å². The van der Waals surface area contributed by atoms with Crippen molar-refractivity contribution >= 4 is 28.5 Å². The quantitative estimate of drug-likeness (QED) is 0.638. The highest BCUT2D eigenvalue weighted by Gasteiger charge is 2.40. The largest absolute Gasteiger partial charge is 0.481 e. The van der Waals surface area contributed by atoms with Crippen LogP contribution in [0.5, 0.6) is 0 Å². The van der Waals surface area contributed by atoms with Gasteiger partial charge in [0.2, 0.25) is 5.91 Å². The third-order valence-corrected chi connectivity index (χ3v) is 6.53. The molecule has 4 rings (SSSR count). The lowest BCUT2D eigenvalue weighted by Crippen LogP contribution is -2.46. The zero-order valence-corrected chi connectivity index (χ0v) is 17.0. The van der Waals surface area contributed by atoms with E-state index in [1.165, 1.54) is 0 Å². The van der Waals surface area contributed by atoms with Crippen LogP contribution in [-0.4, -0.2) is 57.3 Å². The summed E-state index contributed by atoms with van der Waals surface area (Å²) in [6.45, 7) is 1.23. The fourth-order valence-corrected chi connectivity index (χ4v) is 4.99. The van der Waals surface area contributed by atoms with Crippen LogP contribution in [0.25, 0.3) is 10.9 Å². The van der Waals surface area contributed by atoms with E-state index in [0.29, 0.717) is 19.5 Å². The summed E-state index contributed by atoms with van der Waals surface area (Å²) in [4.78, 5) is 34.4. The van der Waals surface area contributed by atoms with Gasteiger partial charge in [0.25, 0.3) is 0 Å². The number of hydrogen-bond acceptors (Lipinski definition) is 6. The summed E-state index contributed by atoms with van der Waals surface area (Å²) < 4.78 is 0. The summed E-state index contributed by atoms with van der Waals surface area (Å²) in [6.07, 6.45) is 9.49. The Morgan fingerprint density at radius 1 is 1.13 bits per heavy atom. The molecule has 2 aliphatic rings. The van der Waals surface area contributed by atoms with Crippen molar-refractivity contribution in [3.05, 3.63) is 30.7 Å². The van der Waals surface area contributed by atoms with Gasteiger partial charge in [-0.15, -0.1) is 0 Å². The van der Waals surface area contributed by atoms with E-state index in [1.54, 1.807) is 18.6 Å². The fraction of sp³-hybridized carbons (Fsp3) is 0.545. The van der Waals surface area contributed by atoms with Crippen LogP contribution < -0.4 is 10.2 Å². The first-order chi connectivity index (χ1) is 14.4. The number of hydrogen-bond donors (Lipinski definition) is 3. The zero-order valence-electron chi connectivity index (χ0n) is 17.0. The van der Waals surface area contributed by atoms with E-state index in [0.717, 1.165) is 42.3 Å². The summed E-state index contributed by atoms with van der Waals surface area (Å²) in [6, 6.07) is 3.78. The average Bonchev–Trinajstić information content (AvgIpc) is 3.33. The number of aromatic nitrogens is 2. The Kier molecular flexibility index (Phi) is 5.60. The van der Waals surface area contributed by atoms with E-state index in [4.69, 9.17) is 0 Å². The van der Waals surface area contributed by atoms with Crippen molar-refractivity contribution in [1.82, 2.24) is 15.3 Å². The number of carbonyl (C=O) groups is 2. The third-order valence-electron chi connectivity index (χ3n) is 6.53. The number of carboxylic acids is 1. The number of nitrogens with zero attached hydrogens (tertiary/aromatic N) is 3. The number of nitrogens with one attached hydrogen (secondary N) is 1. The van der Waals surface area contributed by atoms with Crippen molar-refractivity contribution in [2.75, 3.05) is 24.5 Å². The van der Waals surface area contributed by atoms with E-state index in [1.807, 2.05) is 12.1 Å². The van der Waals surface area contributed by atoms with Crippen molar-refractivity contribution in [3.8, 4) is 0 Å². The van der Waals surface area contributed by atoms with Gasteiger partial charge in [0.1, 0.15) is 5.60 Å². The number of rotatable bonds is 7. The van der Waals surface area contributed by atoms with Gasteiger partial charge in [-0.2, -0.15) is 0 Å². The van der Waals surface area contributed by atoms with E-state index in [-0.39, 0.29) is 25.3 Å². The number of aliphatic carboxylic acids is 1. The monoisotopic (exact) mass is 412 g/mol. The molecule has 1 amide bonds. The molecule has 2 fully saturated rings. The highest BCUT2D eigenvalue weighted by Crippen LogP contribution is 2.44. The topological polar surface area (TPSA) is 116 Å². The number of pyridine rings is 2. The molecule has 2 aromatic rings. The van der Waals surface area contributed by atoms with Crippen molar-refractivity contribution in [1.29, 1.82) is 0 Å². The highest BCUT2D eigenvalue weighted by atomic mass is 16.4. The Labute approximate surface area is 175 Å². The van der Waals surface area contributed by atoms with E-state index in [2.05, 4.69) is 20.2 Å². The maximum atomic E-state index is 12.6. The molecule has 8 nitrogen and oxygen atoms in total. The Balaban J connectivity index is 1.37. The van der Waals surface area contributed by atoms with Crippen LogP contribution in [0.4, 0.5) is 5.69 Å². The van der Waals surface area contributed by atoms with Crippen LogP contribution in [0.3, 0.4) is 0 Å². The standard InChI is InChI=1S/C22H28N4O4/c27-19(11-21(12-20(28)29)5-1-2-6-21)25-14-22(30)7-10-26(15-22)18-4-9-24-17-3-8-23-13-16(17)18/h3-4,8-9,13,30H,1-2,5-7,10-12,14-15H2,(H,25,27)(H,28,29). The van der Waals surface area contributed by atoms with Crippen LogP contribution in [0.2, 0.25) is 0 Å². The molecule has 160 valence electrons. The second-order valence-electron chi connectivity index (χ2n) is 8.85. The van der Waals surface area contributed by atoms with Gasteiger partial charge in [0.15, 0.2) is 0 Å². The van der Waals surface area contributed by atoms with Gasteiger partial charge >= 0.3 is 5.97 Å². The molecule has 3 N–H and O–H groups in total. The Morgan fingerprint density at radius 3 is 2.70 bits per heavy atom. The Hall–Kier alpha value is -2.74. The van der Waals surface area contributed by atoms with Crippen LogP contribution in [0, 0.1) is 5.41 Å². The molecule has 1 unspecified atom stereocenters. The lowest BCUT2D eigenvalue weighted by atomic mass is 9.79. The molecular formula is C22H28N4O4. The number of carboxylic acid groups (broad SMARTS) is 1. The first-order valence-corrected chi connectivity index (χ1v) is 10.5. The first-order valence-electron chi connectivity index (χ1n) is 10.5. The highest BCUT2D eigenvalue weighted by molar-refractivity contribution is 5.90. The summed E-state index contributed by atoms with van der Waals surface area (Å²) >= 11 is 0. The molecule has 1 saturated carbocycles. The minimum Gasteiger partial charge on any atom is -0.481 e.